The molecule has 0 saturated heterocycles. The zero-order valence-corrected chi connectivity index (χ0v) is 14.4. The molecule has 0 bridgehead atoms. The lowest BCUT2D eigenvalue weighted by atomic mass is 10.2. The predicted octanol–water partition coefficient (Wildman–Crippen LogP) is 3.62. The van der Waals surface area contributed by atoms with Gasteiger partial charge in [0.15, 0.2) is 5.13 Å². The number of anilines is 1. The van der Waals surface area contributed by atoms with Crippen LogP contribution in [-0.2, 0) is 24.2 Å². The van der Waals surface area contributed by atoms with E-state index >= 15 is 0 Å². The summed E-state index contributed by atoms with van der Waals surface area (Å²) in [5, 5.41) is 4.74. The summed E-state index contributed by atoms with van der Waals surface area (Å²) in [5.41, 5.74) is 2.24. The van der Waals surface area contributed by atoms with E-state index in [1.165, 1.54) is 17.0 Å². The Hall–Kier alpha value is -2.34. The van der Waals surface area contributed by atoms with Gasteiger partial charge in [0.2, 0.25) is 5.91 Å². The van der Waals surface area contributed by atoms with Gasteiger partial charge in [-0.15, -0.1) is 11.3 Å². The van der Waals surface area contributed by atoms with Crippen LogP contribution in [0.3, 0.4) is 0 Å². The van der Waals surface area contributed by atoms with Crippen molar-refractivity contribution < 1.29 is 9.53 Å². The number of carbonyl (C=O) groups excluding carboxylic acids is 1. The van der Waals surface area contributed by atoms with Gasteiger partial charge in [0.1, 0.15) is 5.75 Å². The van der Waals surface area contributed by atoms with Crippen molar-refractivity contribution in [2.45, 2.75) is 32.2 Å². The summed E-state index contributed by atoms with van der Waals surface area (Å²) in [6.45, 7) is 0.633. The van der Waals surface area contributed by atoms with Crippen molar-refractivity contribution in [3.63, 3.8) is 0 Å². The molecule has 4 rings (SSSR count). The van der Waals surface area contributed by atoms with E-state index in [1.54, 1.807) is 18.4 Å². The van der Waals surface area contributed by atoms with Crippen LogP contribution in [0.2, 0.25) is 0 Å². The smallest absolute Gasteiger partial charge is 0.227 e. The van der Waals surface area contributed by atoms with Crippen molar-refractivity contribution in [2.75, 3.05) is 12.4 Å². The number of aryl methyl sites for hydroxylation is 3. The molecule has 1 aliphatic carbocycles. The zero-order chi connectivity index (χ0) is 16.5. The molecule has 5 nitrogen and oxygen atoms in total. The quantitative estimate of drug-likeness (QED) is 0.771. The normalized spacial score (nSPS) is 13.2. The van der Waals surface area contributed by atoms with Gasteiger partial charge in [0.05, 0.1) is 18.3 Å². The number of ether oxygens (including phenoxy) is 1. The number of rotatable bonds is 5. The van der Waals surface area contributed by atoms with Crippen molar-refractivity contribution in [3.05, 3.63) is 41.0 Å². The minimum Gasteiger partial charge on any atom is -0.496 e. The van der Waals surface area contributed by atoms with E-state index in [2.05, 4.69) is 14.9 Å². The lowest BCUT2D eigenvalue weighted by Gasteiger charge is -2.07. The van der Waals surface area contributed by atoms with E-state index in [0.717, 1.165) is 34.6 Å². The Morgan fingerprint density at radius 3 is 3.12 bits per heavy atom. The molecule has 0 spiro atoms. The fourth-order valence-electron chi connectivity index (χ4n) is 3.22. The molecule has 3 aromatic rings. The fraction of sp³-hybridized carbons (Fsp3) is 0.333. The van der Waals surface area contributed by atoms with Gasteiger partial charge in [-0.1, -0.05) is 6.07 Å². The van der Waals surface area contributed by atoms with Gasteiger partial charge in [-0.2, -0.15) is 0 Å². The zero-order valence-electron chi connectivity index (χ0n) is 13.5. The van der Waals surface area contributed by atoms with E-state index in [1.807, 2.05) is 30.5 Å². The molecule has 24 heavy (non-hydrogen) atoms. The van der Waals surface area contributed by atoms with Gasteiger partial charge < -0.3 is 14.6 Å². The number of benzene rings is 1. The number of methoxy groups -OCH3 is 1. The number of aromatic nitrogens is 2. The Kier molecular flexibility index (Phi) is 3.98. The lowest BCUT2D eigenvalue weighted by Crippen LogP contribution is -2.14. The molecule has 0 aliphatic heterocycles. The molecule has 1 aromatic carbocycles. The highest BCUT2D eigenvalue weighted by molar-refractivity contribution is 7.15. The van der Waals surface area contributed by atoms with E-state index in [4.69, 9.17) is 4.74 Å². The summed E-state index contributed by atoms with van der Waals surface area (Å²) < 4.78 is 7.46. The Morgan fingerprint density at radius 2 is 2.29 bits per heavy atom. The Morgan fingerprint density at radius 1 is 1.38 bits per heavy atom. The van der Waals surface area contributed by atoms with E-state index in [9.17, 15) is 4.79 Å². The second-order valence-corrected chi connectivity index (χ2v) is 7.03. The third-order valence-electron chi connectivity index (χ3n) is 4.42. The standard InChI is InChI=1S/C18H19N3O2S/c1-23-15-6-3-5-14-12(15)8-10-21(14)11-9-17(22)20-18-19-13-4-2-7-16(13)24-18/h3,5-6,8,10H,2,4,7,9,11H2,1H3,(H,19,20,22). The lowest BCUT2D eigenvalue weighted by molar-refractivity contribution is -0.116. The number of amides is 1. The van der Waals surface area contributed by atoms with Crippen molar-refractivity contribution in [1.82, 2.24) is 9.55 Å². The highest BCUT2D eigenvalue weighted by Crippen LogP contribution is 2.30. The topological polar surface area (TPSA) is 56.1 Å². The highest BCUT2D eigenvalue weighted by atomic mass is 32.1. The number of thiazole rings is 1. The van der Waals surface area contributed by atoms with Crippen LogP contribution in [0.15, 0.2) is 30.5 Å². The fourth-order valence-corrected chi connectivity index (χ4v) is 4.28. The summed E-state index contributed by atoms with van der Waals surface area (Å²) in [6.07, 6.45) is 5.75. The summed E-state index contributed by atoms with van der Waals surface area (Å²) in [6, 6.07) is 7.98. The van der Waals surface area contributed by atoms with Crippen LogP contribution in [-0.4, -0.2) is 22.6 Å². The summed E-state index contributed by atoms with van der Waals surface area (Å²) in [5.74, 6) is 0.861. The maximum absolute atomic E-state index is 12.2. The van der Waals surface area contributed by atoms with Crippen molar-refractivity contribution in [2.24, 2.45) is 0 Å². The molecule has 1 N–H and O–H groups in total. The van der Waals surface area contributed by atoms with Crippen LogP contribution in [0.1, 0.15) is 23.4 Å². The molecular weight excluding hydrogens is 322 g/mol. The van der Waals surface area contributed by atoms with Gasteiger partial charge in [-0.05, 0) is 37.5 Å². The molecule has 2 heterocycles. The maximum Gasteiger partial charge on any atom is 0.227 e. The molecular formula is C18H19N3O2S. The minimum absolute atomic E-state index is 0.00664. The van der Waals surface area contributed by atoms with Crippen LogP contribution in [0.4, 0.5) is 5.13 Å². The molecule has 0 fully saturated rings. The van der Waals surface area contributed by atoms with Gasteiger partial charge in [0, 0.05) is 29.4 Å². The largest absolute Gasteiger partial charge is 0.496 e. The molecule has 124 valence electrons. The first-order valence-corrected chi connectivity index (χ1v) is 8.96. The first kappa shape index (κ1) is 15.2. The molecule has 1 aliphatic rings. The van der Waals surface area contributed by atoms with Crippen LogP contribution in [0.5, 0.6) is 5.75 Å². The molecule has 0 atom stereocenters. The van der Waals surface area contributed by atoms with Crippen LogP contribution in [0, 0.1) is 0 Å². The predicted molar refractivity (Wildman–Crippen MR) is 95.9 cm³/mol. The van der Waals surface area contributed by atoms with Crippen molar-refractivity contribution in [1.29, 1.82) is 0 Å². The minimum atomic E-state index is 0.00664. The number of hydrogen-bond donors (Lipinski definition) is 1. The third-order valence-corrected chi connectivity index (χ3v) is 5.49. The maximum atomic E-state index is 12.2. The number of carbonyl (C=O) groups is 1. The molecule has 0 saturated carbocycles. The third kappa shape index (κ3) is 2.78. The number of nitrogens with zero attached hydrogens (tertiary/aromatic N) is 2. The van der Waals surface area contributed by atoms with E-state index in [-0.39, 0.29) is 5.91 Å². The molecule has 0 radical (unpaired) electrons. The molecule has 6 heteroatoms. The van der Waals surface area contributed by atoms with Crippen LogP contribution >= 0.6 is 11.3 Å². The van der Waals surface area contributed by atoms with Gasteiger partial charge >= 0.3 is 0 Å². The first-order valence-electron chi connectivity index (χ1n) is 8.15. The number of fused-ring (bicyclic) bond motifs is 2. The van der Waals surface area contributed by atoms with Crippen LogP contribution in [0.25, 0.3) is 10.9 Å². The average molecular weight is 341 g/mol. The first-order chi connectivity index (χ1) is 11.7. The van der Waals surface area contributed by atoms with Crippen molar-refractivity contribution in [3.8, 4) is 5.75 Å². The van der Waals surface area contributed by atoms with Gasteiger partial charge in [-0.25, -0.2) is 4.98 Å². The molecule has 2 aromatic heterocycles. The number of hydrogen-bond acceptors (Lipinski definition) is 4. The molecule has 1 amide bonds. The SMILES string of the molecule is COc1cccc2c1ccn2CCC(=O)Nc1nc2c(s1)CCC2. The van der Waals surface area contributed by atoms with Gasteiger partial charge in [-0.3, -0.25) is 4.79 Å². The second-order valence-electron chi connectivity index (χ2n) is 5.94. The Balaban J connectivity index is 1.42. The second kappa shape index (κ2) is 6.28. The Labute approximate surface area is 144 Å². The molecule has 0 unspecified atom stereocenters. The number of nitrogens with one attached hydrogen (secondary N) is 1. The Bertz CT molecular complexity index is 875. The highest BCUT2D eigenvalue weighted by Gasteiger charge is 2.17. The summed E-state index contributed by atoms with van der Waals surface area (Å²) in [7, 11) is 1.67. The average Bonchev–Trinajstić information content (AvgIpc) is 3.26. The van der Waals surface area contributed by atoms with E-state index < -0.39 is 0 Å². The van der Waals surface area contributed by atoms with Crippen LogP contribution < -0.4 is 10.1 Å². The van der Waals surface area contributed by atoms with Crippen molar-refractivity contribution >= 4 is 33.3 Å². The van der Waals surface area contributed by atoms with E-state index in [0.29, 0.717) is 13.0 Å². The summed E-state index contributed by atoms with van der Waals surface area (Å²) in [4.78, 5) is 18.1. The summed E-state index contributed by atoms with van der Waals surface area (Å²) >= 11 is 1.61. The monoisotopic (exact) mass is 341 g/mol. The van der Waals surface area contributed by atoms with Gasteiger partial charge in [0.25, 0.3) is 0 Å².